The van der Waals surface area contributed by atoms with Gasteiger partial charge in [-0.2, -0.15) is 0 Å². The van der Waals surface area contributed by atoms with Crippen LogP contribution in [0.2, 0.25) is 0 Å². The summed E-state index contributed by atoms with van der Waals surface area (Å²) in [5.74, 6) is 2.86. The molecule has 0 radical (unpaired) electrons. The van der Waals surface area contributed by atoms with Crippen LogP contribution in [0.1, 0.15) is 71.0 Å². The van der Waals surface area contributed by atoms with Crippen molar-refractivity contribution in [3.8, 4) is 23.0 Å². The van der Waals surface area contributed by atoms with Gasteiger partial charge in [0, 0.05) is 24.2 Å². The van der Waals surface area contributed by atoms with Crippen LogP contribution in [0.4, 0.5) is 4.79 Å². The molecule has 2 amide bonds. The molecule has 2 heterocycles. The van der Waals surface area contributed by atoms with Gasteiger partial charge >= 0.3 is 0 Å². The van der Waals surface area contributed by atoms with Gasteiger partial charge in [-0.1, -0.05) is 53.7 Å². The molecule has 1 aliphatic heterocycles. The number of carbonyl (C=O) groups excluding carboxylic acids is 2. The summed E-state index contributed by atoms with van der Waals surface area (Å²) in [6.45, 7) is 14.6. The zero-order valence-corrected chi connectivity index (χ0v) is 26.8. The van der Waals surface area contributed by atoms with Crippen LogP contribution in [0.5, 0.6) is 23.0 Å². The van der Waals surface area contributed by atoms with E-state index in [1.54, 1.807) is 6.92 Å². The van der Waals surface area contributed by atoms with Gasteiger partial charge in [0.2, 0.25) is 5.91 Å². The molecule has 0 spiro atoms. The van der Waals surface area contributed by atoms with E-state index in [2.05, 4.69) is 46.9 Å². The lowest BCUT2D eigenvalue weighted by Gasteiger charge is -2.27. The van der Waals surface area contributed by atoms with Crippen LogP contribution in [0.25, 0.3) is 11.0 Å². The first-order valence-corrected chi connectivity index (χ1v) is 15.1. The van der Waals surface area contributed by atoms with Crippen molar-refractivity contribution in [2.24, 2.45) is 7.05 Å². The molecule has 5 rings (SSSR count). The van der Waals surface area contributed by atoms with Crippen LogP contribution in [0.3, 0.4) is 0 Å². The minimum atomic E-state index is -0.805. The topological polar surface area (TPSA) is 103 Å². The molecule has 0 aliphatic carbocycles. The van der Waals surface area contributed by atoms with Crippen molar-refractivity contribution >= 4 is 33.9 Å². The molecular weight excluding hydrogens is 562 g/mol. The number of rotatable bonds is 7. The number of hydrogen-bond donors (Lipinski definition) is 2. The first-order valence-electron chi connectivity index (χ1n) is 14.3. The molecule has 226 valence electrons. The van der Waals surface area contributed by atoms with Gasteiger partial charge in [-0.25, -0.2) is 4.98 Å². The molecule has 1 fully saturated rings. The Hall–Kier alpha value is -3.98. The number of aryl methyl sites for hydroxylation is 1. The zero-order valence-electron chi connectivity index (χ0n) is 26.0. The van der Waals surface area contributed by atoms with Crippen LogP contribution in [-0.4, -0.2) is 30.6 Å². The molecular formula is C34H39N3O5S. The number of ether oxygens (including phenoxy) is 2. The summed E-state index contributed by atoms with van der Waals surface area (Å²) in [5, 5.41) is 12.8. The summed E-state index contributed by atoms with van der Waals surface area (Å²) in [6, 6.07) is 17.2. The van der Waals surface area contributed by atoms with Crippen LogP contribution < -0.4 is 14.8 Å². The highest BCUT2D eigenvalue weighted by atomic mass is 32.2. The minimum Gasteiger partial charge on any atom is -0.508 e. The van der Waals surface area contributed by atoms with E-state index in [9.17, 15) is 14.7 Å². The second kappa shape index (κ2) is 10.9. The fourth-order valence-electron chi connectivity index (χ4n) is 5.24. The van der Waals surface area contributed by atoms with Crippen LogP contribution in [0.15, 0.2) is 54.6 Å². The van der Waals surface area contributed by atoms with Crippen LogP contribution in [-0.2, 0) is 35.7 Å². The highest BCUT2D eigenvalue weighted by Crippen LogP contribution is 2.42. The van der Waals surface area contributed by atoms with E-state index in [1.165, 1.54) is 0 Å². The third kappa shape index (κ3) is 6.37. The van der Waals surface area contributed by atoms with Crippen molar-refractivity contribution < 1.29 is 24.2 Å². The van der Waals surface area contributed by atoms with Gasteiger partial charge in [0.25, 0.3) is 5.24 Å². The highest BCUT2D eigenvalue weighted by Gasteiger charge is 2.43. The number of aromatic nitrogens is 2. The number of amides is 2. The summed E-state index contributed by atoms with van der Waals surface area (Å²) in [6.07, 6.45) is 0.448. The largest absolute Gasteiger partial charge is 0.508 e. The lowest BCUT2D eigenvalue weighted by Crippen LogP contribution is -2.35. The SMILES string of the molecule is Cn1c(COc2ccc(C[C@]3(C)SC(=O)NC3=O)cc2)nc2ccc(Oc3cc(C(C)(C)C)c(O)cc3C(C)(C)C)cc21. The fourth-order valence-corrected chi connectivity index (χ4v) is 6.17. The Bertz CT molecular complexity index is 1710. The first kappa shape index (κ1) is 30.5. The molecule has 8 nitrogen and oxygen atoms in total. The van der Waals surface area contributed by atoms with E-state index in [4.69, 9.17) is 14.5 Å². The van der Waals surface area contributed by atoms with E-state index >= 15 is 0 Å². The molecule has 1 atom stereocenters. The van der Waals surface area contributed by atoms with Crippen molar-refractivity contribution in [3.63, 3.8) is 0 Å². The summed E-state index contributed by atoms with van der Waals surface area (Å²) in [4.78, 5) is 28.6. The predicted molar refractivity (Wildman–Crippen MR) is 170 cm³/mol. The van der Waals surface area contributed by atoms with Gasteiger partial charge in [0.1, 0.15) is 40.2 Å². The molecule has 2 N–H and O–H groups in total. The predicted octanol–water partition coefficient (Wildman–Crippen LogP) is 7.53. The van der Waals surface area contributed by atoms with Gasteiger partial charge in [0.15, 0.2) is 0 Å². The summed E-state index contributed by atoms with van der Waals surface area (Å²) < 4.78 is 13.7. The van der Waals surface area contributed by atoms with Crippen molar-refractivity contribution in [1.82, 2.24) is 14.9 Å². The second-order valence-electron chi connectivity index (χ2n) is 13.4. The van der Waals surface area contributed by atoms with Crippen LogP contribution >= 0.6 is 11.8 Å². The molecule has 0 saturated carbocycles. The van der Waals surface area contributed by atoms with E-state index < -0.39 is 4.75 Å². The van der Waals surface area contributed by atoms with E-state index in [-0.39, 0.29) is 34.3 Å². The number of imidazole rings is 1. The standard InChI is InChI=1S/C34H39N3O5S/c1-32(2,3)23-17-28(24(16-27(23)38)33(4,5)6)42-22-13-14-25-26(15-22)37(8)29(35-25)19-41-21-11-9-20(10-12-21)18-34(7)30(39)36-31(40)43-34/h9-17,38H,18-19H2,1-8H3,(H,36,39,40)/t34-/m0/s1. The molecule has 43 heavy (non-hydrogen) atoms. The van der Waals surface area contributed by atoms with Gasteiger partial charge < -0.3 is 19.1 Å². The van der Waals surface area contributed by atoms with E-state index in [1.807, 2.05) is 66.2 Å². The molecule has 1 saturated heterocycles. The normalized spacial score (nSPS) is 17.4. The Morgan fingerprint density at radius 1 is 0.930 bits per heavy atom. The quantitative estimate of drug-likeness (QED) is 0.226. The average Bonchev–Trinajstić information content (AvgIpc) is 3.36. The number of benzene rings is 3. The zero-order chi connectivity index (χ0) is 31.3. The summed E-state index contributed by atoms with van der Waals surface area (Å²) in [5.41, 5.74) is 3.96. The monoisotopic (exact) mass is 601 g/mol. The number of nitrogens with one attached hydrogen (secondary N) is 1. The van der Waals surface area contributed by atoms with Crippen LogP contribution in [0, 0.1) is 0 Å². The maximum Gasteiger partial charge on any atom is 0.286 e. The van der Waals surface area contributed by atoms with Crippen molar-refractivity contribution in [2.45, 2.75) is 77.1 Å². The van der Waals surface area contributed by atoms with Gasteiger partial charge in [-0.05, 0) is 77.9 Å². The highest BCUT2D eigenvalue weighted by molar-refractivity contribution is 8.16. The van der Waals surface area contributed by atoms with Gasteiger partial charge in [-0.15, -0.1) is 0 Å². The van der Waals surface area contributed by atoms with Crippen molar-refractivity contribution in [1.29, 1.82) is 0 Å². The van der Waals surface area contributed by atoms with Gasteiger partial charge in [0.05, 0.1) is 11.0 Å². The number of fused-ring (bicyclic) bond motifs is 1. The number of carbonyl (C=O) groups is 2. The number of aromatic hydroxyl groups is 1. The van der Waals surface area contributed by atoms with E-state index in [0.29, 0.717) is 17.9 Å². The second-order valence-corrected chi connectivity index (χ2v) is 14.9. The van der Waals surface area contributed by atoms with Crippen molar-refractivity contribution in [3.05, 3.63) is 77.1 Å². The number of phenols is 1. The molecule has 0 unspecified atom stereocenters. The molecule has 1 aromatic heterocycles. The Kier molecular flexibility index (Phi) is 7.75. The third-order valence-electron chi connectivity index (χ3n) is 7.73. The maximum absolute atomic E-state index is 12.2. The average molecular weight is 602 g/mol. The summed E-state index contributed by atoms with van der Waals surface area (Å²) in [7, 11) is 1.95. The lowest BCUT2D eigenvalue weighted by atomic mass is 9.81. The van der Waals surface area contributed by atoms with Crippen molar-refractivity contribution in [2.75, 3.05) is 0 Å². The molecule has 9 heteroatoms. The summed E-state index contributed by atoms with van der Waals surface area (Å²) >= 11 is 1.03. The Labute approximate surface area is 256 Å². The number of phenolic OH excluding ortho intramolecular Hbond substituents is 1. The molecule has 4 aromatic rings. The number of imide groups is 1. The molecule has 3 aromatic carbocycles. The third-order valence-corrected chi connectivity index (χ3v) is 8.80. The van der Waals surface area contributed by atoms with Gasteiger partial charge in [-0.3, -0.25) is 14.9 Å². The number of thioether (sulfide) groups is 1. The Morgan fingerprint density at radius 3 is 2.19 bits per heavy atom. The number of hydrogen-bond acceptors (Lipinski definition) is 7. The van der Waals surface area contributed by atoms with E-state index in [0.717, 1.165) is 51.1 Å². The fraction of sp³-hybridized carbons (Fsp3) is 0.382. The Balaban J connectivity index is 1.33. The lowest BCUT2D eigenvalue weighted by molar-refractivity contribution is -0.121. The first-order chi connectivity index (χ1) is 20.0. The Morgan fingerprint density at radius 2 is 1.58 bits per heavy atom. The smallest absolute Gasteiger partial charge is 0.286 e. The molecule has 0 bridgehead atoms. The number of nitrogens with zero attached hydrogens (tertiary/aromatic N) is 2. The minimum absolute atomic E-state index is 0.232. The maximum atomic E-state index is 12.2. The molecule has 1 aliphatic rings.